The fourth-order valence-corrected chi connectivity index (χ4v) is 2.08. The zero-order valence-electron chi connectivity index (χ0n) is 12.8. The SMILES string of the molecule is CCCc1[nH]nc(C(=O)NC(CCO)C(C)(C)C)c1N. The van der Waals surface area contributed by atoms with Crippen LogP contribution in [0.5, 0.6) is 0 Å². The minimum Gasteiger partial charge on any atom is -0.396 e. The van der Waals surface area contributed by atoms with E-state index in [9.17, 15) is 4.79 Å². The second kappa shape index (κ2) is 6.74. The third kappa shape index (κ3) is 3.96. The fourth-order valence-electron chi connectivity index (χ4n) is 2.08. The second-order valence-corrected chi connectivity index (χ2v) is 6.12. The van der Waals surface area contributed by atoms with Gasteiger partial charge in [0, 0.05) is 12.6 Å². The van der Waals surface area contributed by atoms with Crippen LogP contribution in [0.3, 0.4) is 0 Å². The molecule has 114 valence electrons. The summed E-state index contributed by atoms with van der Waals surface area (Å²) < 4.78 is 0. The Bertz CT molecular complexity index is 449. The van der Waals surface area contributed by atoms with Gasteiger partial charge in [-0.1, -0.05) is 34.1 Å². The average Bonchev–Trinajstić information content (AvgIpc) is 2.70. The van der Waals surface area contributed by atoms with Crippen LogP contribution < -0.4 is 11.1 Å². The summed E-state index contributed by atoms with van der Waals surface area (Å²) in [7, 11) is 0. The first kappa shape index (κ1) is 16.5. The van der Waals surface area contributed by atoms with Crippen molar-refractivity contribution < 1.29 is 9.90 Å². The lowest BCUT2D eigenvalue weighted by molar-refractivity contribution is 0.0881. The molecule has 0 aliphatic carbocycles. The van der Waals surface area contributed by atoms with Gasteiger partial charge in [-0.05, 0) is 18.3 Å². The first-order chi connectivity index (χ1) is 9.31. The first-order valence-electron chi connectivity index (χ1n) is 7.05. The zero-order valence-corrected chi connectivity index (χ0v) is 12.8. The minimum absolute atomic E-state index is 0.0271. The van der Waals surface area contributed by atoms with Gasteiger partial charge in [0.25, 0.3) is 5.91 Å². The number of H-pyrrole nitrogens is 1. The lowest BCUT2D eigenvalue weighted by Gasteiger charge is -2.30. The molecule has 6 heteroatoms. The predicted octanol–water partition coefficient (Wildman–Crippen LogP) is 1.47. The number of rotatable bonds is 6. The quantitative estimate of drug-likeness (QED) is 0.634. The molecule has 5 N–H and O–H groups in total. The van der Waals surface area contributed by atoms with Gasteiger partial charge in [-0.2, -0.15) is 5.10 Å². The largest absolute Gasteiger partial charge is 0.396 e. The first-order valence-corrected chi connectivity index (χ1v) is 7.05. The van der Waals surface area contributed by atoms with E-state index in [-0.39, 0.29) is 29.7 Å². The molecule has 0 fully saturated rings. The molecule has 6 nitrogen and oxygen atoms in total. The molecule has 0 spiro atoms. The summed E-state index contributed by atoms with van der Waals surface area (Å²) in [6.07, 6.45) is 2.20. The minimum atomic E-state index is -0.297. The summed E-state index contributed by atoms with van der Waals surface area (Å²) in [6.45, 7) is 8.12. The molecule has 0 radical (unpaired) electrons. The third-order valence-corrected chi connectivity index (χ3v) is 3.37. The molecule has 1 aromatic heterocycles. The molecule has 0 aliphatic rings. The maximum Gasteiger partial charge on any atom is 0.274 e. The monoisotopic (exact) mass is 282 g/mol. The summed E-state index contributed by atoms with van der Waals surface area (Å²) in [6, 6.07) is -0.134. The van der Waals surface area contributed by atoms with E-state index in [2.05, 4.69) is 15.5 Å². The number of aliphatic hydroxyl groups excluding tert-OH is 1. The zero-order chi connectivity index (χ0) is 15.3. The van der Waals surface area contributed by atoms with Gasteiger partial charge >= 0.3 is 0 Å². The summed E-state index contributed by atoms with van der Waals surface area (Å²) >= 11 is 0. The lowest BCUT2D eigenvalue weighted by Crippen LogP contribution is -2.44. The van der Waals surface area contributed by atoms with E-state index in [1.807, 2.05) is 27.7 Å². The highest BCUT2D eigenvalue weighted by Crippen LogP contribution is 2.23. The number of aromatic nitrogens is 2. The van der Waals surface area contributed by atoms with Gasteiger partial charge in [-0.25, -0.2) is 0 Å². The number of nitrogens with one attached hydrogen (secondary N) is 2. The van der Waals surface area contributed by atoms with Crippen molar-refractivity contribution in [3.8, 4) is 0 Å². The smallest absolute Gasteiger partial charge is 0.274 e. The van der Waals surface area contributed by atoms with Gasteiger partial charge in [0.15, 0.2) is 5.69 Å². The van der Waals surface area contributed by atoms with Crippen molar-refractivity contribution in [2.24, 2.45) is 5.41 Å². The molecule has 0 aliphatic heterocycles. The Labute approximate surface area is 120 Å². The lowest BCUT2D eigenvalue weighted by atomic mass is 9.85. The van der Waals surface area contributed by atoms with Crippen molar-refractivity contribution >= 4 is 11.6 Å². The van der Waals surface area contributed by atoms with Crippen LogP contribution >= 0.6 is 0 Å². The van der Waals surface area contributed by atoms with E-state index >= 15 is 0 Å². The van der Waals surface area contributed by atoms with Gasteiger partial charge in [0.2, 0.25) is 0 Å². The van der Waals surface area contributed by atoms with Crippen molar-refractivity contribution in [3.05, 3.63) is 11.4 Å². The molecule has 1 unspecified atom stereocenters. The van der Waals surface area contributed by atoms with Crippen LogP contribution in [0, 0.1) is 5.41 Å². The molecular formula is C14H26N4O2. The summed E-state index contributed by atoms with van der Waals surface area (Å²) in [5, 5.41) is 18.8. The Hall–Kier alpha value is -1.56. The van der Waals surface area contributed by atoms with Gasteiger partial charge in [0.05, 0.1) is 11.4 Å². The Kier molecular flexibility index (Phi) is 5.56. The van der Waals surface area contributed by atoms with Gasteiger partial charge in [-0.3, -0.25) is 9.89 Å². The number of aromatic amines is 1. The van der Waals surface area contributed by atoms with E-state index in [1.54, 1.807) is 0 Å². The Balaban J connectivity index is 2.84. The number of hydrogen-bond acceptors (Lipinski definition) is 4. The summed E-state index contributed by atoms with van der Waals surface area (Å²) in [4.78, 5) is 12.3. The molecule has 1 amide bonds. The van der Waals surface area contributed by atoms with Crippen molar-refractivity contribution in [2.45, 2.75) is 53.0 Å². The highest BCUT2D eigenvalue weighted by Gasteiger charge is 2.27. The number of nitrogens with two attached hydrogens (primary N) is 1. The maximum atomic E-state index is 12.3. The Morgan fingerprint density at radius 1 is 1.50 bits per heavy atom. The molecular weight excluding hydrogens is 256 g/mol. The fraction of sp³-hybridized carbons (Fsp3) is 0.714. The Morgan fingerprint density at radius 2 is 2.15 bits per heavy atom. The second-order valence-electron chi connectivity index (χ2n) is 6.12. The molecule has 0 bridgehead atoms. The van der Waals surface area contributed by atoms with E-state index in [0.717, 1.165) is 18.5 Å². The number of carbonyl (C=O) groups excluding carboxylic acids is 1. The van der Waals surface area contributed by atoms with Crippen molar-refractivity contribution in [1.29, 1.82) is 0 Å². The number of anilines is 1. The van der Waals surface area contributed by atoms with Crippen molar-refractivity contribution in [3.63, 3.8) is 0 Å². The number of nitrogen functional groups attached to an aromatic ring is 1. The number of aliphatic hydroxyl groups is 1. The summed E-state index contributed by atoms with van der Waals surface area (Å²) in [5.41, 5.74) is 7.25. The normalized spacial score (nSPS) is 13.2. The molecule has 1 rings (SSSR count). The predicted molar refractivity (Wildman–Crippen MR) is 79.4 cm³/mol. The van der Waals surface area contributed by atoms with Crippen LogP contribution in [0.2, 0.25) is 0 Å². The summed E-state index contributed by atoms with van der Waals surface area (Å²) in [5.74, 6) is -0.297. The molecule has 20 heavy (non-hydrogen) atoms. The van der Waals surface area contributed by atoms with Crippen LogP contribution in [0.4, 0.5) is 5.69 Å². The van der Waals surface area contributed by atoms with E-state index in [0.29, 0.717) is 12.1 Å². The van der Waals surface area contributed by atoms with E-state index in [1.165, 1.54) is 0 Å². The molecule has 1 aromatic rings. The molecule has 0 saturated heterocycles. The topological polar surface area (TPSA) is 104 Å². The van der Waals surface area contributed by atoms with Crippen LogP contribution in [-0.2, 0) is 6.42 Å². The number of aryl methyl sites for hydroxylation is 1. The number of amides is 1. The Morgan fingerprint density at radius 3 is 2.65 bits per heavy atom. The highest BCUT2D eigenvalue weighted by molar-refractivity contribution is 5.97. The van der Waals surface area contributed by atoms with Crippen LogP contribution in [0.1, 0.15) is 56.7 Å². The standard InChI is InChI=1S/C14H26N4O2/c1-5-6-9-11(15)12(18-17-9)13(20)16-10(7-8-19)14(2,3)4/h10,19H,5-8,15H2,1-4H3,(H,16,20)(H,17,18). The van der Waals surface area contributed by atoms with Crippen LogP contribution in [0.25, 0.3) is 0 Å². The van der Waals surface area contributed by atoms with E-state index in [4.69, 9.17) is 10.8 Å². The number of carbonyl (C=O) groups is 1. The highest BCUT2D eigenvalue weighted by atomic mass is 16.3. The number of nitrogens with zero attached hydrogens (tertiary/aromatic N) is 1. The van der Waals surface area contributed by atoms with Crippen molar-refractivity contribution in [1.82, 2.24) is 15.5 Å². The number of hydrogen-bond donors (Lipinski definition) is 4. The van der Waals surface area contributed by atoms with Crippen LogP contribution in [0.15, 0.2) is 0 Å². The average molecular weight is 282 g/mol. The van der Waals surface area contributed by atoms with Gasteiger partial charge in [0.1, 0.15) is 0 Å². The van der Waals surface area contributed by atoms with Gasteiger partial charge < -0.3 is 16.2 Å². The third-order valence-electron chi connectivity index (χ3n) is 3.37. The van der Waals surface area contributed by atoms with Crippen molar-refractivity contribution in [2.75, 3.05) is 12.3 Å². The van der Waals surface area contributed by atoms with E-state index < -0.39 is 0 Å². The maximum absolute atomic E-state index is 12.3. The molecule has 0 aromatic carbocycles. The molecule has 0 saturated carbocycles. The van der Waals surface area contributed by atoms with Crippen LogP contribution in [-0.4, -0.2) is 33.9 Å². The molecule has 1 atom stereocenters. The molecule has 1 heterocycles. The van der Waals surface area contributed by atoms with Gasteiger partial charge in [-0.15, -0.1) is 0 Å².